The summed E-state index contributed by atoms with van der Waals surface area (Å²) in [4.78, 5) is 3.68. The van der Waals surface area contributed by atoms with Gasteiger partial charge in [0.2, 0.25) is 11.8 Å². The molecule has 3 heterocycles. The van der Waals surface area contributed by atoms with Gasteiger partial charge in [0.25, 0.3) is 5.89 Å². The number of pyridine rings is 1. The first-order chi connectivity index (χ1) is 16.3. The standard InChI is InChI=1S/C21H17F7N4O3/c22-11-5-10-3-1-2-4-19(9-33,21(26,27)28)18-32-31-17(35-18)15-14(29)8-13(20(23,24)25)16(30-15)34-12(6-10)7-11/h5-8,33H,1-4,9,29H2. The van der Waals surface area contributed by atoms with Crippen LogP contribution in [0.15, 0.2) is 28.7 Å². The monoisotopic (exact) mass is 506 g/mol. The molecule has 4 rings (SSSR count). The summed E-state index contributed by atoms with van der Waals surface area (Å²) in [6.07, 6.45) is -10.5. The number of benzene rings is 1. The molecule has 3 aromatic rings. The number of nitrogens with zero attached hydrogens (tertiary/aromatic N) is 3. The maximum Gasteiger partial charge on any atom is 0.421 e. The van der Waals surface area contributed by atoms with Crippen molar-refractivity contribution in [2.75, 3.05) is 12.3 Å². The Morgan fingerprint density at radius 2 is 1.77 bits per heavy atom. The number of fused-ring (bicyclic) bond motifs is 7. The number of hydrogen-bond donors (Lipinski definition) is 2. The molecule has 0 amide bonds. The molecule has 1 aliphatic heterocycles. The van der Waals surface area contributed by atoms with Gasteiger partial charge in [0, 0.05) is 6.07 Å². The highest BCUT2D eigenvalue weighted by Gasteiger charge is 2.59. The van der Waals surface area contributed by atoms with Gasteiger partial charge >= 0.3 is 12.4 Å². The summed E-state index contributed by atoms with van der Waals surface area (Å²) in [5, 5.41) is 16.6. The third-order valence-corrected chi connectivity index (χ3v) is 5.64. The van der Waals surface area contributed by atoms with Crippen molar-refractivity contribution in [1.29, 1.82) is 0 Å². The molecule has 7 nitrogen and oxygen atoms in total. The van der Waals surface area contributed by atoms with Crippen LogP contribution < -0.4 is 10.5 Å². The maximum absolute atomic E-state index is 14.1. The zero-order chi connectivity index (χ0) is 25.6. The smallest absolute Gasteiger partial charge is 0.421 e. The van der Waals surface area contributed by atoms with Crippen LogP contribution in [0.4, 0.5) is 36.4 Å². The normalized spacial score (nSPS) is 19.0. The van der Waals surface area contributed by atoms with E-state index in [1.807, 2.05) is 0 Å². The van der Waals surface area contributed by atoms with Gasteiger partial charge in [0.05, 0.1) is 12.3 Å². The second kappa shape index (κ2) is 8.66. The topological polar surface area (TPSA) is 107 Å². The lowest BCUT2D eigenvalue weighted by Crippen LogP contribution is -2.46. The van der Waals surface area contributed by atoms with E-state index in [-0.39, 0.29) is 30.6 Å². The Balaban J connectivity index is 1.95. The molecule has 2 aromatic heterocycles. The molecule has 35 heavy (non-hydrogen) atoms. The van der Waals surface area contributed by atoms with Gasteiger partial charge in [-0.1, -0.05) is 6.42 Å². The summed E-state index contributed by atoms with van der Waals surface area (Å²) >= 11 is 0. The molecule has 0 aliphatic carbocycles. The van der Waals surface area contributed by atoms with Crippen molar-refractivity contribution in [1.82, 2.24) is 15.2 Å². The first-order valence-electron chi connectivity index (χ1n) is 10.2. The Bertz CT molecular complexity index is 1240. The minimum absolute atomic E-state index is 0.0785. The lowest BCUT2D eigenvalue weighted by molar-refractivity contribution is -0.210. The largest absolute Gasteiger partial charge is 0.438 e. The molecule has 3 N–H and O–H groups in total. The molecule has 0 saturated carbocycles. The second-order valence-corrected chi connectivity index (χ2v) is 8.03. The molecule has 188 valence electrons. The summed E-state index contributed by atoms with van der Waals surface area (Å²) in [7, 11) is 0. The summed E-state index contributed by atoms with van der Waals surface area (Å²) in [6.45, 7) is -1.42. The van der Waals surface area contributed by atoms with Crippen molar-refractivity contribution in [3.05, 3.63) is 47.1 Å². The lowest BCUT2D eigenvalue weighted by atomic mass is 9.82. The third kappa shape index (κ3) is 4.61. The third-order valence-electron chi connectivity index (χ3n) is 5.64. The molecule has 0 spiro atoms. The van der Waals surface area contributed by atoms with Gasteiger partial charge in [0.1, 0.15) is 17.1 Å². The Kier molecular flexibility index (Phi) is 6.11. The van der Waals surface area contributed by atoms with Crippen LogP contribution in [0.5, 0.6) is 11.6 Å². The molecule has 0 fully saturated rings. The molecule has 1 aliphatic rings. The number of halogens is 7. The molecule has 14 heteroatoms. The minimum atomic E-state index is -5.01. The Morgan fingerprint density at radius 3 is 2.43 bits per heavy atom. The molecular formula is C21H17F7N4O3. The van der Waals surface area contributed by atoms with Crippen LogP contribution in [-0.2, 0) is 18.0 Å². The molecular weight excluding hydrogens is 489 g/mol. The Labute approximate surface area is 192 Å². The molecule has 0 radical (unpaired) electrons. The van der Waals surface area contributed by atoms with Gasteiger partial charge in [-0.2, -0.15) is 26.3 Å². The highest BCUT2D eigenvalue weighted by molar-refractivity contribution is 5.68. The van der Waals surface area contributed by atoms with E-state index in [0.717, 1.165) is 12.1 Å². The van der Waals surface area contributed by atoms with Crippen LogP contribution in [0.2, 0.25) is 0 Å². The summed E-state index contributed by atoms with van der Waals surface area (Å²) in [5.74, 6) is -3.89. The van der Waals surface area contributed by atoms with Crippen molar-refractivity contribution in [2.24, 2.45) is 0 Å². The average Bonchev–Trinajstić information content (AvgIpc) is 3.22. The molecule has 6 bridgehead atoms. The number of rotatable bonds is 1. The number of aliphatic hydroxyl groups excluding tert-OH is 1. The van der Waals surface area contributed by atoms with E-state index in [2.05, 4.69) is 15.2 Å². The van der Waals surface area contributed by atoms with Gasteiger partial charge in [-0.15, -0.1) is 10.2 Å². The minimum Gasteiger partial charge on any atom is -0.438 e. The fraction of sp³-hybridized carbons (Fsp3) is 0.381. The Hall–Kier alpha value is -3.42. The van der Waals surface area contributed by atoms with E-state index in [9.17, 15) is 35.8 Å². The summed E-state index contributed by atoms with van der Waals surface area (Å²) in [6, 6.07) is 3.63. The number of nitrogen functional groups attached to an aromatic ring is 1. The quantitative estimate of drug-likeness (QED) is 0.438. The number of hydrogen-bond acceptors (Lipinski definition) is 7. The number of aromatic nitrogens is 3. The van der Waals surface area contributed by atoms with E-state index in [0.29, 0.717) is 6.07 Å². The maximum atomic E-state index is 14.1. The molecule has 1 aromatic carbocycles. The van der Waals surface area contributed by atoms with Crippen molar-refractivity contribution in [2.45, 2.75) is 43.5 Å². The molecule has 1 atom stereocenters. The van der Waals surface area contributed by atoms with E-state index >= 15 is 0 Å². The van der Waals surface area contributed by atoms with E-state index in [1.54, 1.807) is 0 Å². The number of anilines is 1. The Morgan fingerprint density at radius 1 is 1.03 bits per heavy atom. The highest BCUT2D eigenvalue weighted by Crippen LogP contribution is 2.46. The van der Waals surface area contributed by atoms with Gasteiger partial charge in [-0.25, -0.2) is 9.37 Å². The zero-order valence-corrected chi connectivity index (χ0v) is 17.7. The van der Waals surface area contributed by atoms with Crippen molar-refractivity contribution < 1.29 is 45.0 Å². The second-order valence-electron chi connectivity index (χ2n) is 8.03. The van der Waals surface area contributed by atoms with E-state index in [1.165, 1.54) is 6.07 Å². The van der Waals surface area contributed by atoms with Crippen LogP contribution in [0.25, 0.3) is 11.6 Å². The average molecular weight is 506 g/mol. The van der Waals surface area contributed by atoms with Crippen LogP contribution in [0.1, 0.15) is 36.3 Å². The van der Waals surface area contributed by atoms with Crippen molar-refractivity contribution >= 4 is 5.69 Å². The fourth-order valence-electron chi connectivity index (χ4n) is 3.77. The van der Waals surface area contributed by atoms with Crippen LogP contribution in [0, 0.1) is 5.82 Å². The van der Waals surface area contributed by atoms with Crippen LogP contribution in [-0.4, -0.2) is 33.1 Å². The van der Waals surface area contributed by atoms with Gasteiger partial charge in [-0.3, -0.25) is 0 Å². The van der Waals surface area contributed by atoms with Gasteiger partial charge in [-0.05, 0) is 43.0 Å². The van der Waals surface area contributed by atoms with E-state index in [4.69, 9.17) is 14.9 Å². The van der Waals surface area contributed by atoms with Gasteiger partial charge in [0.15, 0.2) is 11.1 Å². The predicted molar refractivity (Wildman–Crippen MR) is 106 cm³/mol. The molecule has 0 saturated heterocycles. The van der Waals surface area contributed by atoms with E-state index < -0.39 is 71.2 Å². The lowest BCUT2D eigenvalue weighted by Gasteiger charge is -2.30. The summed E-state index contributed by atoms with van der Waals surface area (Å²) in [5.41, 5.74) is 0.409. The first-order valence-corrected chi connectivity index (χ1v) is 10.2. The van der Waals surface area contributed by atoms with Crippen LogP contribution in [0.3, 0.4) is 0 Å². The number of aryl methyl sites for hydroxylation is 1. The van der Waals surface area contributed by atoms with Crippen molar-refractivity contribution in [3.63, 3.8) is 0 Å². The fourth-order valence-corrected chi connectivity index (χ4v) is 3.77. The molecule has 1 unspecified atom stereocenters. The van der Waals surface area contributed by atoms with Crippen LogP contribution >= 0.6 is 0 Å². The number of alkyl halides is 6. The highest BCUT2D eigenvalue weighted by atomic mass is 19.4. The number of ether oxygens (including phenoxy) is 1. The first kappa shape index (κ1) is 24.7. The number of nitrogens with two attached hydrogens (primary N) is 1. The van der Waals surface area contributed by atoms with Crippen molar-refractivity contribution in [3.8, 4) is 23.2 Å². The SMILES string of the molecule is Nc1cc(C(F)(F)F)c2nc1-c1nnc(o1)C(CO)(C(F)(F)F)CCCCc1cc(F)cc(c1)O2. The van der Waals surface area contributed by atoms with Gasteiger partial charge < -0.3 is 20.0 Å². The number of aliphatic hydroxyl groups is 1. The zero-order valence-electron chi connectivity index (χ0n) is 17.7. The predicted octanol–water partition coefficient (Wildman–Crippen LogP) is 5.18. The summed E-state index contributed by atoms with van der Waals surface area (Å²) < 4.78 is 108.